The van der Waals surface area contributed by atoms with Gasteiger partial charge in [-0.15, -0.1) is 0 Å². The molecule has 0 aliphatic carbocycles. The van der Waals surface area contributed by atoms with Crippen molar-refractivity contribution in [3.05, 3.63) is 63.7 Å². The molecule has 0 radical (unpaired) electrons. The highest BCUT2D eigenvalue weighted by atomic mass is 35.5. The number of hydrogen-bond acceptors (Lipinski definition) is 2. The lowest BCUT2D eigenvalue weighted by Crippen LogP contribution is -2.12. The smallest absolute Gasteiger partial charge is 0.335 e. The van der Waals surface area contributed by atoms with Crippen molar-refractivity contribution in [3.8, 4) is 0 Å². The van der Waals surface area contributed by atoms with Gasteiger partial charge in [-0.3, -0.25) is 4.79 Å². The highest BCUT2D eigenvalue weighted by Gasteiger charge is 2.11. The standard InChI is InChI=1S/C16H14ClNO3/c1-9-5-11(8-12(17)6-9)15(19)18-13-3-4-14(16(20)21)10(2)7-13/h3-8H,1-2H3,(H,18,19)(H,20,21). The average Bonchev–Trinajstić information content (AvgIpc) is 2.37. The van der Waals surface area contributed by atoms with Crippen molar-refractivity contribution >= 4 is 29.2 Å². The number of hydrogen-bond donors (Lipinski definition) is 2. The van der Waals surface area contributed by atoms with Gasteiger partial charge in [0.1, 0.15) is 0 Å². The van der Waals surface area contributed by atoms with Crippen molar-refractivity contribution in [2.75, 3.05) is 5.32 Å². The summed E-state index contributed by atoms with van der Waals surface area (Å²) in [4.78, 5) is 23.1. The molecule has 2 aromatic carbocycles. The van der Waals surface area contributed by atoms with E-state index in [4.69, 9.17) is 16.7 Å². The van der Waals surface area contributed by atoms with E-state index in [0.717, 1.165) is 5.56 Å². The maximum Gasteiger partial charge on any atom is 0.335 e. The first-order chi connectivity index (χ1) is 9.86. The van der Waals surface area contributed by atoms with Gasteiger partial charge < -0.3 is 10.4 Å². The number of halogens is 1. The number of anilines is 1. The van der Waals surface area contributed by atoms with E-state index < -0.39 is 5.97 Å². The second-order valence-corrected chi connectivity index (χ2v) is 5.24. The number of carboxylic acids is 1. The molecule has 0 bridgehead atoms. The van der Waals surface area contributed by atoms with Crippen LogP contribution in [-0.2, 0) is 0 Å². The Kier molecular flexibility index (Phi) is 4.29. The van der Waals surface area contributed by atoms with Crippen LogP contribution in [0.15, 0.2) is 36.4 Å². The molecule has 2 N–H and O–H groups in total. The number of amides is 1. The second kappa shape index (κ2) is 5.97. The van der Waals surface area contributed by atoms with E-state index in [-0.39, 0.29) is 11.5 Å². The molecule has 5 heteroatoms. The molecule has 21 heavy (non-hydrogen) atoms. The third-order valence-electron chi connectivity index (χ3n) is 3.02. The highest BCUT2D eigenvalue weighted by Crippen LogP contribution is 2.18. The largest absolute Gasteiger partial charge is 0.478 e. The molecule has 0 aliphatic rings. The number of carbonyl (C=O) groups is 2. The molecule has 2 aromatic rings. The number of aryl methyl sites for hydroxylation is 2. The van der Waals surface area contributed by atoms with Crippen LogP contribution in [0.5, 0.6) is 0 Å². The summed E-state index contributed by atoms with van der Waals surface area (Å²) in [7, 11) is 0. The average molecular weight is 304 g/mol. The third kappa shape index (κ3) is 3.61. The molecule has 108 valence electrons. The maximum atomic E-state index is 12.2. The quantitative estimate of drug-likeness (QED) is 0.903. The van der Waals surface area contributed by atoms with Gasteiger partial charge >= 0.3 is 5.97 Å². The summed E-state index contributed by atoms with van der Waals surface area (Å²) >= 11 is 5.93. The molecule has 0 heterocycles. The van der Waals surface area contributed by atoms with Crippen LogP contribution < -0.4 is 5.32 Å². The van der Waals surface area contributed by atoms with E-state index in [1.807, 2.05) is 6.92 Å². The summed E-state index contributed by atoms with van der Waals surface area (Å²) in [6, 6.07) is 9.74. The molecule has 4 nitrogen and oxygen atoms in total. The molecule has 0 aromatic heterocycles. The van der Waals surface area contributed by atoms with Gasteiger partial charge in [0, 0.05) is 16.3 Å². The predicted molar refractivity (Wildman–Crippen MR) is 82.3 cm³/mol. The molecule has 0 saturated carbocycles. The molecule has 2 rings (SSSR count). The van der Waals surface area contributed by atoms with Gasteiger partial charge in [0.2, 0.25) is 0 Å². The van der Waals surface area contributed by atoms with Gasteiger partial charge in [0.25, 0.3) is 5.91 Å². The van der Waals surface area contributed by atoms with Crippen LogP contribution in [0.1, 0.15) is 31.8 Å². The Morgan fingerprint density at radius 3 is 2.38 bits per heavy atom. The Morgan fingerprint density at radius 2 is 1.81 bits per heavy atom. The molecule has 0 unspecified atom stereocenters. The van der Waals surface area contributed by atoms with Crippen molar-refractivity contribution in [3.63, 3.8) is 0 Å². The van der Waals surface area contributed by atoms with E-state index in [0.29, 0.717) is 21.8 Å². The first-order valence-electron chi connectivity index (χ1n) is 6.29. The molecule has 0 saturated heterocycles. The molecule has 0 aliphatic heterocycles. The number of nitrogens with one attached hydrogen (secondary N) is 1. The third-order valence-corrected chi connectivity index (χ3v) is 3.24. The van der Waals surface area contributed by atoms with Gasteiger partial charge in [-0.05, 0) is 61.4 Å². The predicted octanol–water partition coefficient (Wildman–Crippen LogP) is 3.91. The molecular formula is C16H14ClNO3. The Bertz CT molecular complexity index is 705. The zero-order valence-corrected chi connectivity index (χ0v) is 12.4. The van der Waals surface area contributed by atoms with Crippen LogP contribution in [0.2, 0.25) is 5.02 Å². The van der Waals surface area contributed by atoms with Gasteiger partial charge in [-0.2, -0.15) is 0 Å². The zero-order valence-electron chi connectivity index (χ0n) is 11.6. The van der Waals surface area contributed by atoms with Crippen LogP contribution in [0.3, 0.4) is 0 Å². The fourth-order valence-electron chi connectivity index (χ4n) is 2.05. The Morgan fingerprint density at radius 1 is 1.10 bits per heavy atom. The van der Waals surface area contributed by atoms with E-state index in [2.05, 4.69) is 5.32 Å². The number of carboxylic acid groups (broad SMARTS) is 1. The Labute approximate surface area is 127 Å². The minimum absolute atomic E-state index is 0.214. The van der Waals surface area contributed by atoms with Crippen molar-refractivity contribution < 1.29 is 14.7 Å². The second-order valence-electron chi connectivity index (χ2n) is 4.81. The van der Waals surface area contributed by atoms with Crippen LogP contribution in [0.25, 0.3) is 0 Å². The summed E-state index contributed by atoms with van der Waals surface area (Å²) in [6.45, 7) is 3.54. The lowest BCUT2D eigenvalue weighted by molar-refractivity contribution is 0.0696. The van der Waals surface area contributed by atoms with Gasteiger partial charge in [0.05, 0.1) is 5.56 Å². The van der Waals surface area contributed by atoms with Gasteiger partial charge in [-0.25, -0.2) is 4.79 Å². The summed E-state index contributed by atoms with van der Waals surface area (Å²) in [6.07, 6.45) is 0. The molecule has 1 amide bonds. The fraction of sp³-hybridized carbons (Fsp3) is 0.125. The summed E-state index contributed by atoms with van der Waals surface area (Å²) in [5.74, 6) is -1.28. The number of carbonyl (C=O) groups excluding carboxylic acids is 1. The molecular weight excluding hydrogens is 290 g/mol. The lowest BCUT2D eigenvalue weighted by atomic mass is 10.1. The molecule has 0 atom stereocenters. The van der Waals surface area contributed by atoms with Gasteiger partial charge in [-0.1, -0.05) is 11.6 Å². The van der Waals surface area contributed by atoms with Crippen LogP contribution in [0.4, 0.5) is 5.69 Å². The molecule has 0 fully saturated rings. The number of aromatic carboxylic acids is 1. The Balaban J connectivity index is 2.23. The normalized spacial score (nSPS) is 10.2. The topological polar surface area (TPSA) is 66.4 Å². The Hall–Kier alpha value is -2.33. The minimum Gasteiger partial charge on any atom is -0.478 e. The SMILES string of the molecule is Cc1cc(Cl)cc(C(=O)Nc2ccc(C(=O)O)c(C)c2)c1. The van der Waals surface area contributed by atoms with E-state index >= 15 is 0 Å². The summed E-state index contributed by atoms with van der Waals surface area (Å²) in [5, 5.41) is 12.2. The van der Waals surface area contributed by atoms with Gasteiger partial charge in [0.15, 0.2) is 0 Å². The molecule has 0 spiro atoms. The maximum absolute atomic E-state index is 12.2. The monoisotopic (exact) mass is 303 g/mol. The van der Waals surface area contributed by atoms with E-state index in [1.165, 1.54) is 6.07 Å². The number of rotatable bonds is 3. The summed E-state index contributed by atoms with van der Waals surface area (Å²) < 4.78 is 0. The first-order valence-corrected chi connectivity index (χ1v) is 6.67. The van der Waals surface area contributed by atoms with Crippen LogP contribution in [0, 0.1) is 13.8 Å². The zero-order chi connectivity index (χ0) is 15.6. The van der Waals surface area contributed by atoms with Crippen molar-refractivity contribution in [2.24, 2.45) is 0 Å². The highest BCUT2D eigenvalue weighted by molar-refractivity contribution is 6.31. The van der Waals surface area contributed by atoms with Crippen molar-refractivity contribution in [2.45, 2.75) is 13.8 Å². The number of benzene rings is 2. The lowest BCUT2D eigenvalue weighted by Gasteiger charge is -2.08. The fourth-order valence-corrected chi connectivity index (χ4v) is 2.34. The van der Waals surface area contributed by atoms with Crippen molar-refractivity contribution in [1.82, 2.24) is 0 Å². The van der Waals surface area contributed by atoms with E-state index in [9.17, 15) is 9.59 Å². The minimum atomic E-state index is -0.990. The summed E-state index contributed by atoms with van der Waals surface area (Å²) in [5.41, 5.74) is 2.69. The first kappa shape index (κ1) is 15.1. The van der Waals surface area contributed by atoms with Crippen molar-refractivity contribution in [1.29, 1.82) is 0 Å². The van der Waals surface area contributed by atoms with E-state index in [1.54, 1.807) is 37.3 Å². The van der Waals surface area contributed by atoms with Crippen LogP contribution in [-0.4, -0.2) is 17.0 Å². The van der Waals surface area contributed by atoms with Crippen LogP contribution >= 0.6 is 11.6 Å².